The molecule has 2 atom stereocenters. The number of nitrogens with one attached hydrogen (secondary N) is 2. The van der Waals surface area contributed by atoms with Crippen LogP contribution in [0.25, 0.3) is 0 Å². The molecule has 1 aliphatic rings. The molecule has 5 heteroatoms. The number of rotatable bonds is 5. The molecule has 1 aliphatic heterocycles. The van der Waals surface area contributed by atoms with Crippen LogP contribution >= 0.6 is 11.6 Å². The van der Waals surface area contributed by atoms with E-state index in [1.165, 1.54) is 5.56 Å². The summed E-state index contributed by atoms with van der Waals surface area (Å²) in [6.45, 7) is 4.47. The van der Waals surface area contributed by atoms with Gasteiger partial charge in [0.25, 0.3) is 0 Å². The number of halogens is 1. The molecule has 132 valence electrons. The smallest absolute Gasteiger partial charge is 0.239 e. The molecule has 0 aromatic heterocycles. The number of ether oxygens (including phenoxy) is 1. The van der Waals surface area contributed by atoms with Gasteiger partial charge in [-0.15, -0.1) is 11.6 Å². The Morgan fingerprint density at radius 2 is 1.96 bits per heavy atom. The molecule has 1 saturated heterocycles. The largest absolute Gasteiger partial charge is 0.367 e. The van der Waals surface area contributed by atoms with E-state index in [1.54, 1.807) is 0 Å². The van der Waals surface area contributed by atoms with Gasteiger partial charge in [-0.25, -0.2) is 0 Å². The van der Waals surface area contributed by atoms with E-state index in [1.807, 2.05) is 30.3 Å². The van der Waals surface area contributed by atoms with Crippen molar-refractivity contribution in [1.29, 1.82) is 0 Å². The van der Waals surface area contributed by atoms with Crippen molar-refractivity contribution in [3.05, 3.63) is 65.7 Å². The molecule has 3 rings (SSSR count). The molecule has 1 fully saturated rings. The van der Waals surface area contributed by atoms with Gasteiger partial charge >= 0.3 is 0 Å². The molecule has 4 nitrogen and oxygen atoms in total. The lowest BCUT2D eigenvalue weighted by molar-refractivity contribution is -0.113. The maximum atomic E-state index is 11.4. The Bertz CT molecular complexity index is 697. The topological polar surface area (TPSA) is 50.4 Å². The van der Waals surface area contributed by atoms with E-state index in [-0.39, 0.29) is 17.7 Å². The Kier molecular flexibility index (Phi) is 5.74. The maximum absolute atomic E-state index is 11.4. The second-order valence-electron chi connectivity index (χ2n) is 6.31. The van der Waals surface area contributed by atoms with Crippen molar-refractivity contribution in [2.45, 2.75) is 18.4 Å². The minimum absolute atomic E-state index is 0.0518. The minimum atomic E-state index is -0.436. The van der Waals surface area contributed by atoms with Crippen molar-refractivity contribution in [2.75, 3.05) is 30.9 Å². The molecular weight excluding hydrogens is 336 g/mol. The zero-order valence-electron chi connectivity index (χ0n) is 14.3. The highest BCUT2D eigenvalue weighted by Crippen LogP contribution is 2.41. The highest BCUT2D eigenvalue weighted by Gasteiger charge is 2.41. The maximum Gasteiger partial charge on any atom is 0.239 e. The SMILES string of the molecule is CC(c1ccccc1)C1(c2ccc(NC(=O)CCl)cc2)CNCCO1. The van der Waals surface area contributed by atoms with Gasteiger partial charge in [-0.1, -0.05) is 49.4 Å². The zero-order chi connectivity index (χ0) is 17.7. The van der Waals surface area contributed by atoms with Crippen LogP contribution < -0.4 is 10.6 Å². The Balaban J connectivity index is 1.91. The van der Waals surface area contributed by atoms with E-state index in [0.29, 0.717) is 6.61 Å². The van der Waals surface area contributed by atoms with E-state index < -0.39 is 5.60 Å². The van der Waals surface area contributed by atoms with Crippen LogP contribution in [0.2, 0.25) is 0 Å². The van der Waals surface area contributed by atoms with E-state index in [0.717, 1.165) is 24.3 Å². The standard InChI is InChI=1S/C20H23ClN2O2/c1-15(16-5-3-2-4-6-16)20(14-22-11-12-25-20)17-7-9-18(10-8-17)23-19(24)13-21/h2-10,15,22H,11-14H2,1H3,(H,23,24). The monoisotopic (exact) mass is 358 g/mol. The van der Waals surface area contributed by atoms with Crippen molar-refractivity contribution in [2.24, 2.45) is 0 Å². The number of morpholine rings is 1. The van der Waals surface area contributed by atoms with Crippen molar-refractivity contribution in [1.82, 2.24) is 5.32 Å². The molecule has 2 unspecified atom stereocenters. The van der Waals surface area contributed by atoms with Gasteiger partial charge < -0.3 is 15.4 Å². The number of benzene rings is 2. The number of anilines is 1. The summed E-state index contributed by atoms with van der Waals surface area (Å²) in [5, 5.41) is 6.24. The molecule has 0 spiro atoms. The van der Waals surface area contributed by atoms with Crippen molar-refractivity contribution < 1.29 is 9.53 Å². The van der Waals surface area contributed by atoms with Crippen LogP contribution in [-0.2, 0) is 15.1 Å². The molecule has 2 aromatic carbocycles. The number of amides is 1. The summed E-state index contributed by atoms with van der Waals surface area (Å²) in [6.07, 6.45) is 0. The lowest BCUT2D eigenvalue weighted by Gasteiger charge is -2.43. The van der Waals surface area contributed by atoms with Crippen LogP contribution in [0, 0.1) is 0 Å². The van der Waals surface area contributed by atoms with Crippen LogP contribution in [0.3, 0.4) is 0 Å². The molecule has 1 heterocycles. The second kappa shape index (κ2) is 8.00. The summed E-state index contributed by atoms with van der Waals surface area (Å²) >= 11 is 5.55. The van der Waals surface area contributed by atoms with Gasteiger partial charge in [0.2, 0.25) is 5.91 Å². The fourth-order valence-corrected chi connectivity index (χ4v) is 3.45. The molecule has 2 aromatic rings. The van der Waals surface area contributed by atoms with Crippen LogP contribution in [0.1, 0.15) is 24.0 Å². The van der Waals surface area contributed by atoms with Crippen LogP contribution in [0.4, 0.5) is 5.69 Å². The average Bonchev–Trinajstić information content (AvgIpc) is 2.69. The molecule has 2 N–H and O–H groups in total. The Morgan fingerprint density at radius 1 is 1.24 bits per heavy atom. The first kappa shape index (κ1) is 17.9. The third-order valence-electron chi connectivity index (χ3n) is 4.80. The third kappa shape index (κ3) is 3.87. The van der Waals surface area contributed by atoms with Gasteiger partial charge in [-0.3, -0.25) is 4.79 Å². The molecule has 0 aliphatic carbocycles. The van der Waals surface area contributed by atoms with Crippen LogP contribution in [-0.4, -0.2) is 31.5 Å². The van der Waals surface area contributed by atoms with Gasteiger partial charge in [-0.2, -0.15) is 0 Å². The first-order chi connectivity index (χ1) is 12.2. The lowest BCUT2D eigenvalue weighted by atomic mass is 9.77. The van der Waals surface area contributed by atoms with Crippen LogP contribution in [0.5, 0.6) is 0 Å². The summed E-state index contributed by atoms with van der Waals surface area (Å²) in [4.78, 5) is 11.4. The summed E-state index contributed by atoms with van der Waals surface area (Å²) in [5.74, 6) is -0.0776. The Morgan fingerprint density at radius 3 is 2.56 bits per heavy atom. The summed E-state index contributed by atoms with van der Waals surface area (Å²) in [5.41, 5.74) is 2.64. The van der Waals surface area contributed by atoms with Gasteiger partial charge in [0.1, 0.15) is 11.5 Å². The van der Waals surface area contributed by atoms with Crippen molar-refractivity contribution in [3.8, 4) is 0 Å². The second-order valence-corrected chi connectivity index (χ2v) is 6.57. The van der Waals surface area contributed by atoms with Crippen molar-refractivity contribution in [3.63, 3.8) is 0 Å². The third-order valence-corrected chi connectivity index (χ3v) is 5.05. The highest BCUT2D eigenvalue weighted by atomic mass is 35.5. The van der Waals surface area contributed by atoms with Crippen LogP contribution in [0.15, 0.2) is 54.6 Å². The summed E-state index contributed by atoms with van der Waals surface area (Å²) in [7, 11) is 0. The molecule has 0 radical (unpaired) electrons. The lowest BCUT2D eigenvalue weighted by Crippen LogP contribution is -2.50. The fourth-order valence-electron chi connectivity index (χ4n) is 3.38. The normalized spacial score (nSPS) is 21.5. The minimum Gasteiger partial charge on any atom is -0.367 e. The van der Waals surface area contributed by atoms with Crippen molar-refractivity contribution >= 4 is 23.2 Å². The van der Waals surface area contributed by atoms with Gasteiger partial charge in [-0.05, 0) is 23.3 Å². The Labute approximate surface area is 153 Å². The summed E-state index contributed by atoms with van der Waals surface area (Å²) < 4.78 is 6.34. The predicted molar refractivity (Wildman–Crippen MR) is 101 cm³/mol. The number of hydrogen-bond donors (Lipinski definition) is 2. The number of hydrogen-bond acceptors (Lipinski definition) is 3. The number of carbonyl (C=O) groups excluding carboxylic acids is 1. The fraction of sp³-hybridized carbons (Fsp3) is 0.350. The molecule has 0 saturated carbocycles. The first-order valence-corrected chi connectivity index (χ1v) is 9.05. The average molecular weight is 359 g/mol. The highest BCUT2D eigenvalue weighted by molar-refractivity contribution is 6.29. The molecule has 0 bridgehead atoms. The zero-order valence-corrected chi connectivity index (χ0v) is 15.1. The van der Waals surface area contributed by atoms with E-state index in [2.05, 4.69) is 41.8 Å². The van der Waals surface area contributed by atoms with E-state index in [4.69, 9.17) is 16.3 Å². The van der Waals surface area contributed by atoms with Gasteiger partial charge in [0.05, 0.1) is 6.61 Å². The van der Waals surface area contributed by atoms with Gasteiger partial charge in [0.15, 0.2) is 0 Å². The predicted octanol–water partition coefficient (Wildman–Crippen LogP) is 3.48. The molecule has 25 heavy (non-hydrogen) atoms. The molecule has 1 amide bonds. The first-order valence-electron chi connectivity index (χ1n) is 8.52. The summed E-state index contributed by atoms with van der Waals surface area (Å²) in [6, 6.07) is 18.3. The van der Waals surface area contributed by atoms with Gasteiger partial charge in [0, 0.05) is 24.7 Å². The van der Waals surface area contributed by atoms with E-state index >= 15 is 0 Å². The number of alkyl halides is 1. The van der Waals surface area contributed by atoms with E-state index in [9.17, 15) is 4.79 Å². The quantitative estimate of drug-likeness (QED) is 0.804. The number of carbonyl (C=O) groups is 1. The molecular formula is C20H23ClN2O2. The Hall–Kier alpha value is -1.88.